The maximum Gasteiger partial charge on any atom is 0.252 e. The number of hydrogen-bond donors (Lipinski definition) is 0. The van der Waals surface area contributed by atoms with Crippen LogP contribution in [0, 0.1) is 35.0 Å². The molecule has 0 fully saturated rings. The first-order chi connectivity index (χ1) is 10.1. The van der Waals surface area contributed by atoms with E-state index < -0.39 is 56.8 Å². The Hall–Kier alpha value is -1.73. The lowest BCUT2D eigenvalue weighted by Crippen LogP contribution is -2.26. The highest BCUT2D eigenvalue weighted by Gasteiger charge is 2.34. The van der Waals surface area contributed by atoms with Gasteiger partial charge >= 0.3 is 0 Å². The van der Waals surface area contributed by atoms with Crippen molar-refractivity contribution in [1.82, 2.24) is 4.98 Å². The Kier molecular flexibility index (Phi) is 4.15. The van der Waals surface area contributed by atoms with Crippen molar-refractivity contribution in [2.75, 3.05) is 0 Å². The van der Waals surface area contributed by atoms with E-state index in [1.807, 2.05) is 0 Å². The molecule has 1 aromatic carbocycles. The van der Waals surface area contributed by atoms with Crippen molar-refractivity contribution >= 4 is 18.7 Å². The molecule has 118 valence electrons. The van der Waals surface area contributed by atoms with Crippen LogP contribution in [0.15, 0.2) is 0 Å². The van der Waals surface area contributed by atoms with Crippen LogP contribution in [0.3, 0.4) is 0 Å². The molecule has 1 heterocycles. The number of pyridine rings is 1. The van der Waals surface area contributed by atoms with Crippen LogP contribution in [-0.4, -0.2) is 12.8 Å². The smallest absolute Gasteiger partial charge is 0.214 e. The Bertz CT molecular complexity index is 759. The number of rotatable bonds is 3. The molecule has 0 saturated carbocycles. The molecule has 1 aromatic heterocycles. The molecule has 0 bridgehead atoms. The van der Waals surface area contributed by atoms with Crippen LogP contribution in [-0.2, 0) is 5.31 Å². The van der Waals surface area contributed by atoms with Crippen LogP contribution in [0.5, 0.6) is 0 Å². The highest BCUT2D eigenvalue weighted by atomic mass is 19.2. The summed E-state index contributed by atoms with van der Waals surface area (Å²) in [6, 6.07) is 0. The minimum Gasteiger partial charge on any atom is -0.214 e. The van der Waals surface area contributed by atoms with Crippen molar-refractivity contribution in [2.45, 2.75) is 32.0 Å². The molecular weight excluding hydrogens is 307 g/mol. The van der Waals surface area contributed by atoms with E-state index in [9.17, 15) is 26.3 Å². The normalized spacial score (nSPS) is 14.4. The van der Waals surface area contributed by atoms with Gasteiger partial charge in [0, 0.05) is 5.56 Å². The molecule has 22 heavy (non-hydrogen) atoms. The summed E-state index contributed by atoms with van der Waals surface area (Å²) in [7, 11) is 1.47. The minimum absolute atomic E-state index is 0.304. The van der Waals surface area contributed by atoms with Gasteiger partial charge in [0.25, 0.3) is 5.95 Å². The first-order valence-electron chi connectivity index (χ1n) is 6.64. The third-order valence-electron chi connectivity index (χ3n) is 3.65. The Labute approximate surface area is 123 Å². The van der Waals surface area contributed by atoms with E-state index in [0.29, 0.717) is 12.8 Å². The lowest BCUT2D eigenvalue weighted by atomic mass is 9.62. The molecule has 2 rings (SSSR count). The van der Waals surface area contributed by atoms with Crippen molar-refractivity contribution in [1.29, 1.82) is 0 Å². The van der Waals surface area contributed by atoms with Crippen LogP contribution in [0.2, 0.25) is 0 Å². The van der Waals surface area contributed by atoms with Gasteiger partial charge in [0.15, 0.2) is 23.3 Å². The minimum atomic E-state index is -2.08. The van der Waals surface area contributed by atoms with Crippen molar-refractivity contribution in [3.63, 3.8) is 0 Å². The van der Waals surface area contributed by atoms with Crippen molar-refractivity contribution in [3.05, 3.63) is 40.6 Å². The van der Waals surface area contributed by atoms with Gasteiger partial charge in [-0.3, -0.25) is 0 Å². The molecule has 8 heteroatoms. The van der Waals surface area contributed by atoms with Crippen LogP contribution in [0.25, 0.3) is 10.9 Å². The van der Waals surface area contributed by atoms with E-state index in [0.717, 1.165) is 0 Å². The molecule has 0 saturated heterocycles. The molecule has 1 unspecified atom stereocenters. The zero-order valence-corrected chi connectivity index (χ0v) is 12.1. The topological polar surface area (TPSA) is 12.9 Å². The van der Waals surface area contributed by atoms with Gasteiger partial charge in [-0.1, -0.05) is 26.7 Å². The van der Waals surface area contributed by atoms with Gasteiger partial charge in [-0.25, -0.2) is 22.5 Å². The predicted octanol–water partition coefficient (Wildman–Crippen LogP) is 3.72. The first kappa shape index (κ1) is 16.6. The predicted molar refractivity (Wildman–Crippen MR) is 72.3 cm³/mol. The molecule has 0 aliphatic heterocycles. The van der Waals surface area contributed by atoms with Gasteiger partial charge in [0.2, 0.25) is 5.82 Å². The average molecular weight is 319 g/mol. The summed E-state index contributed by atoms with van der Waals surface area (Å²) in [6.07, 6.45) is 0.850. The van der Waals surface area contributed by atoms with Gasteiger partial charge in [0.05, 0.1) is 5.39 Å². The highest BCUT2D eigenvalue weighted by Crippen LogP contribution is 2.36. The van der Waals surface area contributed by atoms with Crippen molar-refractivity contribution in [3.8, 4) is 0 Å². The second kappa shape index (κ2) is 5.48. The lowest BCUT2D eigenvalue weighted by molar-refractivity contribution is 0.421. The second-order valence-corrected chi connectivity index (χ2v) is 5.71. The van der Waals surface area contributed by atoms with Crippen LogP contribution >= 0.6 is 0 Å². The van der Waals surface area contributed by atoms with Gasteiger partial charge in [-0.15, -0.1) is 0 Å². The largest absolute Gasteiger partial charge is 0.252 e. The Balaban J connectivity index is 2.97. The van der Waals surface area contributed by atoms with Gasteiger partial charge in [-0.2, -0.15) is 8.78 Å². The Morgan fingerprint density at radius 2 is 1.45 bits per heavy atom. The summed E-state index contributed by atoms with van der Waals surface area (Å²) in [5.41, 5.74) is -1.72. The second-order valence-electron chi connectivity index (χ2n) is 5.71. The Morgan fingerprint density at radius 1 is 0.909 bits per heavy atom. The fourth-order valence-corrected chi connectivity index (χ4v) is 2.64. The fourth-order valence-electron chi connectivity index (χ4n) is 2.64. The van der Waals surface area contributed by atoms with E-state index in [2.05, 4.69) is 4.98 Å². The van der Waals surface area contributed by atoms with Gasteiger partial charge in [0.1, 0.15) is 13.4 Å². The third kappa shape index (κ3) is 2.34. The summed E-state index contributed by atoms with van der Waals surface area (Å²) < 4.78 is 82.7. The Morgan fingerprint density at radius 3 is 2.00 bits per heavy atom. The van der Waals surface area contributed by atoms with E-state index in [4.69, 9.17) is 0 Å². The first-order valence-corrected chi connectivity index (χ1v) is 6.64. The number of aromatic nitrogens is 1. The fraction of sp³-hybridized carbons (Fsp3) is 0.357. The average Bonchev–Trinajstić information content (AvgIpc) is 2.42. The number of fused-ring (bicyclic) bond motifs is 1. The molecule has 0 aliphatic rings. The van der Waals surface area contributed by atoms with Crippen LogP contribution in [0.4, 0.5) is 26.3 Å². The van der Waals surface area contributed by atoms with Gasteiger partial charge < -0.3 is 0 Å². The highest BCUT2D eigenvalue weighted by molar-refractivity contribution is 6.16. The van der Waals surface area contributed by atoms with Crippen molar-refractivity contribution < 1.29 is 26.3 Å². The molecule has 0 spiro atoms. The van der Waals surface area contributed by atoms with E-state index in [1.165, 1.54) is 14.8 Å². The lowest BCUT2D eigenvalue weighted by Gasteiger charge is -2.26. The zero-order valence-electron chi connectivity index (χ0n) is 12.1. The molecule has 0 amide bonds. The monoisotopic (exact) mass is 319 g/mol. The molecule has 1 nitrogen and oxygen atoms in total. The molecule has 2 aromatic rings. The van der Waals surface area contributed by atoms with Crippen LogP contribution < -0.4 is 0 Å². The van der Waals surface area contributed by atoms with E-state index in [-0.39, 0.29) is 0 Å². The van der Waals surface area contributed by atoms with Crippen molar-refractivity contribution in [2.24, 2.45) is 0 Å². The summed E-state index contributed by atoms with van der Waals surface area (Å²) >= 11 is 0. The maximum atomic E-state index is 14.5. The van der Waals surface area contributed by atoms with Crippen LogP contribution in [0.1, 0.15) is 32.3 Å². The SMILES string of the molecule is BC(C)(CCC)c1c(F)c(F)c2c(F)c(F)c(F)nc2c1F. The van der Waals surface area contributed by atoms with E-state index in [1.54, 1.807) is 6.92 Å². The van der Waals surface area contributed by atoms with E-state index >= 15 is 0 Å². The standard InChI is InChI=1S/C14H12BF6N/c1-3-4-14(2,15)6-9(18)7(16)5-8(17)11(20)13(21)22-12(5)10(6)19/h3-4,15H2,1-2H3. The number of halogens is 6. The summed E-state index contributed by atoms with van der Waals surface area (Å²) in [5.74, 6) is -10.8. The number of nitrogens with zero attached hydrogens (tertiary/aromatic N) is 1. The summed E-state index contributed by atoms with van der Waals surface area (Å²) in [6.45, 7) is 3.24. The molecule has 1 atom stereocenters. The third-order valence-corrected chi connectivity index (χ3v) is 3.65. The quantitative estimate of drug-likeness (QED) is 0.364. The number of hydrogen-bond acceptors (Lipinski definition) is 1. The molecular formula is C14H12BF6N. The molecule has 0 aliphatic carbocycles. The zero-order chi connectivity index (χ0) is 16.8. The van der Waals surface area contributed by atoms with Gasteiger partial charge in [-0.05, 0) is 5.31 Å². The molecule has 0 N–H and O–H groups in total. The number of benzene rings is 1. The molecule has 0 radical (unpaired) electrons. The maximum absolute atomic E-state index is 14.5. The summed E-state index contributed by atoms with van der Waals surface area (Å²) in [5, 5.41) is -2.45. The summed E-state index contributed by atoms with van der Waals surface area (Å²) in [4.78, 5) is 2.91.